The number of tetrazole rings is 4. The van der Waals surface area contributed by atoms with Crippen LogP contribution in [0.3, 0.4) is 0 Å². The Morgan fingerprint density at radius 1 is 0.417 bits per heavy atom. The molecule has 4 aromatic carbocycles. The number of aryl methyl sites for hydroxylation is 9. The van der Waals surface area contributed by atoms with E-state index in [1.165, 1.54) is 34.4 Å². The van der Waals surface area contributed by atoms with E-state index in [0.29, 0.717) is 99.2 Å². The first-order valence-electron chi connectivity index (χ1n) is 31.4. The first-order valence-corrected chi connectivity index (χ1v) is 29.4. The standard InChI is InChI=1S/C17H19N5O3.C17H17N5O2.C17H15N5O2.C16H17N5O2/c1-4-24-15-9-10-18-16(22-17(23)21(3)19-20-22)13(15)11-25-14-8-6-5-7-12(14)2;2*1-4-13-9-10-18-16(22-17(23)21(3)19-20-22)14(13)11-24-15-8-6-5-7-12(15)2;1-11-8-9-17-15(21-16(22)20(3)18-19-21)13(11)10-23-14-7-5-4-6-12(14)2/h5-10H,4,11H2,1-3H3;4-10H,1,11H2,2-3H3;1,5-10H,11H2,2-3H3;4-9H,10H2,1-3H3/i3*5T;4T. The Bertz CT molecular complexity index is 5240. The number of hydrogen-bond donors (Lipinski definition) is 0. The van der Waals surface area contributed by atoms with Gasteiger partial charge in [-0.05, 0) is 165 Å². The molecule has 0 saturated heterocycles. The van der Waals surface area contributed by atoms with Crippen LogP contribution in [0, 0.1) is 47.0 Å². The normalized spacial score (nSPS) is 11.2. The predicted octanol–water partition coefficient (Wildman–Crippen LogP) is 6.33. The third kappa shape index (κ3) is 15.8. The van der Waals surface area contributed by atoms with Crippen LogP contribution in [0.5, 0.6) is 28.7 Å². The van der Waals surface area contributed by atoms with E-state index >= 15 is 0 Å². The monoisotopic (exact) mass is 1300 g/mol. The zero-order valence-corrected chi connectivity index (χ0v) is 54.1. The Labute approximate surface area is 555 Å². The minimum absolute atomic E-state index is 0.101. The summed E-state index contributed by atoms with van der Waals surface area (Å²) in [5.74, 6) is 7.09. The minimum Gasteiger partial charge on any atom is -0.493 e. The lowest BCUT2D eigenvalue weighted by Crippen LogP contribution is -2.24. The van der Waals surface area contributed by atoms with Crippen molar-refractivity contribution in [2.75, 3.05) is 6.61 Å². The first-order chi connectivity index (χ1) is 48.0. The van der Waals surface area contributed by atoms with E-state index < -0.39 is 17.1 Å². The summed E-state index contributed by atoms with van der Waals surface area (Å²) in [7, 11) is 6.06. The van der Waals surface area contributed by atoms with Crippen LogP contribution in [-0.4, -0.2) is 106 Å². The van der Waals surface area contributed by atoms with Gasteiger partial charge in [-0.3, -0.25) is 0 Å². The van der Waals surface area contributed by atoms with Crippen LogP contribution >= 0.6 is 0 Å². The van der Waals surface area contributed by atoms with Crippen LogP contribution < -0.4 is 46.4 Å². The van der Waals surface area contributed by atoms with Gasteiger partial charge in [0.15, 0.2) is 23.3 Å². The number of nitrogens with zero attached hydrogens (tertiary/aromatic N) is 20. The second-order valence-electron chi connectivity index (χ2n) is 20.8. The molecule has 0 saturated carbocycles. The SMILES string of the molecule is [3H]c1ccc(OCc2c(C#C)ccnc2-n2nnn(C)c2=O)c(C)c1.[3H]c1ccc(OCc2c(C)ccnc2-n2nnn(C)c2=O)c(C)c1.[3H]c1ccc(OCc2c(C=C)ccnc2-n2nnn(C)c2=O)c(C)c1.[3H]c1ccc(OCc2c(OCC)ccnc2-n2nnn(C)c2=O)c(C)c1. The molecule has 0 bridgehead atoms. The lowest BCUT2D eigenvalue weighted by Gasteiger charge is -2.15. The number of ether oxygens (including phenoxy) is 5. The van der Waals surface area contributed by atoms with Crippen LogP contribution in [0.1, 0.15) is 73.6 Å². The smallest absolute Gasteiger partial charge is 0.369 e. The number of pyridine rings is 4. The van der Waals surface area contributed by atoms with E-state index in [9.17, 15) is 19.2 Å². The topological polar surface area (TPSA) is 309 Å². The van der Waals surface area contributed by atoms with Gasteiger partial charge in [0.25, 0.3) is 0 Å². The zero-order chi connectivity index (χ0) is 71.9. The Kier molecular flexibility index (Phi) is 20.4. The third-order valence-electron chi connectivity index (χ3n) is 14.3. The van der Waals surface area contributed by atoms with Crippen molar-refractivity contribution in [1.29, 1.82) is 0 Å². The molecule has 29 heteroatoms. The van der Waals surface area contributed by atoms with Crippen molar-refractivity contribution in [2.45, 2.75) is 68.0 Å². The van der Waals surface area contributed by atoms with Crippen molar-refractivity contribution in [1.82, 2.24) is 99.1 Å². The molecule has 12 aromatic rings. The molecule has 0 aliphatic rings. The minimum atomic E-state index is -0.433. The van der Waals surface area contributed by atoms with Crippen molar-refractivity contribution in [2.24, 2.45) is 28.2 Å². The number of benzene rings is 4. The fourth-order valence-electron chi connectivity index (χ4n) is 9.00. The molecule has 8 heterocycles. The Balaban J connectivity index is 0.000000156. The summed E-state index contributed by atoms with van der Waals surface area (Å²) in [6.45, 7) is 16.2. The van der Waals surface area contributed by atoms with Gasteiger partial charge in [-0.25, -0.2) is 39.1 Å². The summed E-state index contributed by atoms with van der Waals surface area (Å²) in [5, 5.41) is 30.2. The highest BCUT2D eigenvalue weighted by atomic mass is 16.5. The van der Waals surface area contributed by atoms with Gasteiger partial charge in [0, 0.05) is 69.7 Å². The largest absolute Gasteiger partial charge is 0.493 e. The molecule has 8 aromatic heterocycles. The number of aromatic nitrogens is 20. The second kappa shape index (κ2) is 31.5. The van der Waals surface area contributed by atoms with Crippen LogP contribution in [0.15, 0.2) is 172 Å². The number of para-hydroxylation sites is 4. The predicted molar refractivity (Wildman–Crippen MR) is 354 cm³/mol. The molecule has 0 amide bonds. The van der Waals surface area contributed by atoms with E-state index in [2.05, 4.69) is 74.1 Å². The summed E-state index contributed by atoms with van der Waals surface area (Å²) in [6, 6.07) is 29.2. The van der Waals surface area contributed by atoms with Crippen LogP contribution in [0.2, 0.25) is 0 Å². The Morgan fingerprint density at radius 2 is 0.750 bits per heavy atom. The molecule has 96 heavy (non-hydrogen) atoms. The number of hydrogen-bond acceptors (Lipinski definition) is 21. The molecule has 0 N–H and O–H groups in total. The number of terminal acetylenes is 1. The van der Waals surface area contributed by atoms with Gasteiger partial charge in [0.05, 0.1) is 23.2 Å². The number of rotatable bonds is 19. The molecule has 0 radical (unpaired) electrons. The zero-order valence-electron chi connectivity index (χ0n) is 58.1. The lowest BCUT2D eigenvalue weighted by atomic mass is 10.1. The molecule has 490 valence electrons. The fraction of sp³-hybridized carbons (Fsp3) is 0.224. The Hall–Kier alpha value is -12.7. The van der Waals surface area contributed by atoms with Gasteiger partial charge < -0.3 is 23.7 Å². The maximum atomic E-state index is 12.2. The van der Waals surface area contributed by atoms with E-state index in [1.807, 2.05) is 47.6 Å². The summed E-state index contributed by atoms with van der Waals surface area (Å²) < 4.78 is 68.7. The van der Waals surface area contributed by atoms with Crippen molar-refractivity contribution in [3.63, 3.8) is 0 Å². The lowest BCUT2D eigenvalue weighted by molar-refractivity contribution is 0.283. The van der Waals surface area contributed by atoms with Gasteiger partial charge in [-0.2, -0.15) is 18.7 Å². The summed E-state index contributed by atoms with van der Waals surface area (Å²) in [5.41, 5.74) is 6.65. The molecule has 0 atom stereocenters. The molecule has 0 spiro atoms. The van der Waals surface area contributed by atoms with E-state index in [1.54, 1.807) is 116 Å². The van der Waals surface area contributed by atoms with Crippen LogP contribution in [-0.2, 0) is 54.6 Å². The van der Waals surface area contributed by atoms with Gasteiger partial charge in [0.1, 0.15) is 55.2 Å². The van der Waals surface area contributed by atoms with Gasteiger partial charge in [0.2, 0.25) is 0 Å². The van der Waals surface area contributed by atoms with Gasteiger partial charge >= 0.3 is 22.8 Å². The molecule has 29 nitrogen and oxygen atoms in total. The average Bonchev–Trinajstić information content (AvgIpc) is 1.58. The second-order valence-corrected chi connectivity index (χ2v) is 20.8. The van der Waals surface area contributed by atoms with Gasteiger partial charge in [-0.1, -0.05) is 91.3 Å². The van der Waals surface area contributed by atoms with Crippen molar-refractivity contribution in [3.05, 3.63) is 256 Å². The highest BCUT2D eigenvalue weighted by Crippen LogP contribution is 2.28. The van der Waals surface area contributed by atoms with Crippen LogP contribution in [0.25, 0.3) is 29.3 Å². The van der Waals surface area contributed by atoms with Crippen molar-refractivity contribution >= 4 is 6.08 Å². The van der Waals surface area contributed by atoms with Crippen LogP contribution in [0.4, 0.5) is 0 Å². The summed E-state index contributed by atoms with van der Waals surface area (Å²) in [6.07, 6.45) is 13.5. The molecular weight excluding hydrogens is 1230 g/mol. The van der Waals surface area contributed by atoms with Crippen molar-refractivity contribution < 1.29 is 29.2 Å². The van der Waals surface area contributed by atoms with E-state index in [0.717, 1.165) is 76.4 Å². The highest BCUT2D eigenvalue weighted by Gasteiger charge is 2.21. The molecule has 0 aliphatic heterocycles. The maximum Gasteiger partial charge on any atom is 0.369 e. The molecule has 0 aliphatic carbocycles. The first kappa shape index (κ1) is 62.1. The molecule has 0 fully saturated rings. The van der Waals surface area contributed by atoms with Crippen molar-refractivity contribution in [3.8, 4) is 64.4 Å². The Morgan fingerprint density at radius 3 is 1.11 bits per heavy atom. The van der Waals surface area contributed by atoms with Gasteiger partial charge in [-0.15, -0.1) is 25.2 Å². The summed E-state index contributed by atoms with van der Waals surface area (Å²) in [4.78, 5) is 65.6. The fourth-order valence-corrected chi connectivity index (χ4v) is 9.00. The average molecular weight is 1310 g/mol. The quantitative estimate of drug-likeness (QED) is 0.0799. The maximum absolute atomic E-state index is 12.2. The molecular formula is C67H68N20O9. The molecule has 12 rings (SSSR count). The van der Waals surface area contributed by atoms with E-state index in [-0.39, 0.29) is 37.9 Å². The summed E-state index contributed by atoms with van der Waals surface area (Å²) >= 11 is 0. The highest BCUT2D eigenvalue weighted by molar-refractivity contribution is 5.56. The third-order valence-corrected chi connectivity index (χ3v) is 14.3. The van der Waals surface area contributed by atoms with E-state index in [4.69, 9.17) is 35.6 Å². The molecule has 0 unspecified atom stereocenters.